The molecule has 28 heavy (non-hydrogen) atoms. The number of anilines is 1. The lowest BCUT2D eigenvalue weighted by Crippen LogP contribution is -2.50. The van der Waals surface area contributed by atoms with Crippen molar-refractivity contribution < 1.29 is 22.4 Å². The molecule has 1 amide bonds. The highest BCUT2D eigenvalue weighted by molar-refractivity contribution is 6.32. The summed E-state index contributed by atoms with van der Waals surface area (Å²) in [5, 5.41) is 3.04. The zero-order chi connectivity index (χ0) is 20.6. The molecule has 0 aliphatic carbocycles. The van der Waals surface area contributed by atoms with Gasteiger partial charge >= 0.3 is 6.18 Å². The van der Waals surface area contributed by atoms with Crippen LogP contribution in [0.5, 0.6) is 0 Å². The highest BCUT2D eigenvalue weighted by Gasteiger charge is 2.39. The van der Waals surface area contributed by atoms with Gasteiger partial charge in [0.1, 0.15) is 11.9 Å². The van der Waals surface area contributed by atoms with Crippen molar-refractivity contribution in [2.24, 2.45) is 0 Å². The molecule has 1 unspecified atom stereocenters. The fourth-order valence-corrected chi connectivity index (χ4v) is 3.49. The highest BCUT2D eigenvalue weighted by Crippen LogP contribution is 2.36. The van der Waals surface area contributed by atoms with Crippen LogP contribution in [0, 0.1) is 12.7 Å². The van der Waals surface area contributed by atoms with Gasteiger partial charge in [0.2, 0.25) is 5.91 Å². The van der Waals surface area contributed by atoms with Crippen molar-refractivity contribution in [2.75, 3.05) is 31.1 Å². The number of piperazine rings is 1. The number of carbonyl (C=O) groups excluding carboxylic acids is 1. The summed E-state index contributed by atoms with van der Waals surface area (Å²) < 4.78 is 53.1. The molecule has 0 N–H and O–H groups in total. The molecule has 3 rings (SSSR count). The maximum Gasteiger partial charge on any atom is 0.436 e. The van der Waals surface area contributed by atoms with Gasteiger partial charge in [-0.15, -0.1) is 0 Å². The molecule has 0 spiro atoms. The fourth-order valence-electron chi connectivity index (χ4n) is 3.26. The van der Waals surface area contributed by atoms with Crippen LogP contribution in [-0.4, -0.2) is 46.8 Å². The largest absolute Gasteiger partial charge is 0.436 e. The molecule has 1 saturated heterocycles. The topological polar surface area (TPSA) is 41.4 Å². The molecule has 5 nitrogen and oxygen atoms in total. The second kappa shape index (κ2) is 7.62. The normalized spacial score (nSPS) is 16.4. The molecule has 1 aromatic heterocycles. The van der Waals surface area contributed by atoms with E-state index in [9.17, 15) is 22.4 Å². The first-order chi connectivity index (χ1) is 13.1. The van der Waals surface area contributed by atoms with E-state index in [2.05, 4.69) is 5.10 Å². The third kappa shape index (κ3) is 3.94. The Balaban J connectivity index is 1.69. The third-order valence-electron chi connectivity index (χ3n) is 4.85. The summed E-state index contributed by atoms with van der Waals surface area (Å²) in [6.45, 7) is 4.79. The fraction of sp³-hybridized carbons (Fsp3) is 0.444. The number of halogens is 5. The molecule has 0 saturated carbocycles. The summed E-state index contributed by atoms with van der Waals surface area (Å²) in [5.41, 5.74) is -0.238. The molecule has 0 radical (unpaired) electrons. The standard InChI is InChI=1S/C18H19ClF4N4O/c1-11-15(19)16(18(21,22)23)24-27(11)12(2)17(28)26-9-7-25(8-10-26)14-5-3-13(20)4-6-14/h3-6,12H,7-10H2,1-2H3. The maximum absolute atomic E-state index is 13.0. The van der Waals surface area contributed by atoms with Crippen LogP contribution in [0.4, 0.5) is 23.2 Å². The van der Waals surface area contributed by atoms with E-state index >= 15 is 0 Å². The van der Waals surface area contributed by atoms with Crippen molar-refractivity contribution in [1.82, 2.24) is 14.7 Å². The number of amides is 1. The molecule has 152 valence electrons. The third-order valence-corrected chi connectivity index (χ3v) is 5.31. The monoisotopic (exact) mass is 418 g/mol. The lowest BCUT2D eigenvalue weighted by molar-refractivity contribution is -0.142. The number of benzene rings is 1. The smallest absolute Gasteiger partial charge is 0.368 e. The highest BCUT2D eigenvalue weighted by atomic mass is 35.5. The minimum absolute atomic E-state index is 0.0970. The Kier molecular flexibility index (Phi) is 5.56. The molecule has 1 aliphatic rings. The Bertz CT molecular complexity index is 858. The lowest BCUT2D eigenvalue weighted by Gasteiger charge is -2.37. The van der Waals surface area contributed by atoms with E-state index in [1.54, 1.807) is 17.0 Å². The van der Waals surface area contributed by atoms with Crippen molar-refractivity contribution in [3.63, 3.8) is 0 Å². The number of hydrogen-bond acceptors (Lipinski definition) is 3. The van der Waals surface area contributed by atoms with Crippen molar-refractivity contribution in [3.8, 4) is 0 Å². The van der Waals surface area contributed by atoms with Gasteiger partial charge in [0, 0.05) is 31.9 Å². The minimum atomic E-state index is -4.68. The molecular weight excluding hydrogens is 400 g/mol. The number of aromatic nitrogens is 2. The van der Waals surface area contributed by atoms with Gasteiger partial charge in [0.15, 0.2) is 5.69 Å². The molecule has 1 aromatic carbocycles. The molecular formula is C18H19ClF4N4O. The molecule has 0 bridgehead atoms. The molecule has 1 aliphatic heterocycles. The van der Waals surface area contributed by atoms with Crippen molar-refractivity contribution in [1.29, 1.82) is 0 Å². The van der Waals surface area contributed by atoms with Gasteiger partial charge in [-0.1, -0.05) is 11.6 Å². The van der Waals surface area contributed by atoms with Crippen LogP contribution >= 0.6 is 11.6 Å². The molecule has 10 heteroatoms. The molecule has 1 fully saturated rings. The van der Waals surface area contributed by atoms with E-state index in [1.807, 2.05) is 4.90 Å². The minimum Gasteiger partial charge on any atom is -0.368 e. The second-order valence-corrected chi connectivity index (χ2v) is 7.03. The van der Waals surface area contributed by atoms with Crippen LogP contribution in [0.15, 0.2) is 24.3 Å². The first-order valence-corrected chi connectivity index (χ1v) is 9.08. The summed E-state index contributed by atoms with van der Waals surface area (Å²) in [7, 11) is 0. The van der Waals surface area contributed by atoms with Gasteiger partial charge in [-0.05, 0) is 38.1 Å². The van der Waals surface area contributed by atoms with Gasteiger partial charge in [-0.2, -0.15) is 18.3 Å². The van der Waals surface area contributed by atoms with E-state index in [-0.39, 0.29) is 17.4 Å². The SMILES string of the molecule is Cc1c(Cl)c(C(F)(F)F)nn1C(C)C(=O)N1CCN(c2ccc(F)cc2)CC1. The number of hydrogen-bond donors (Lipinski definition) is 0. The Labute approximate surface area is 164 Å². The Hall–Kier alpha value is -2.29. The Morgan fingerprint density at radius 3 is 2.21 bits per heavy atom. The zero-order valence-corrected chi connectivity index (χ0v) is 16.1. The van der Waals surface area contributed by atoms with Crippen LogP contribution in [0.25, 0.3) is 0 Å². The predicted molar refractivity (Wildman–Crippen MR) is 96.9 cm³/mol. The van der Waals surface area contributed by atoms with Crippen LogP contribution in [0.1, 0.15) is 24.4 Å². The van der Waals surface area contributed by atoms with E-state index in [0.717, 1.165) is 10.4 Å². The van der Waals surface area contributed by atoms with E-state index in [1.165, 1.54) is 26.0 Å². The second-order valence-electron chi connectivity index (χ2n) is 6.66. The van der Waals surface area contributed by atoms with Gasteiger partial charge in [0.05, 0.1) is 10.7 Å². The van der Waals surface area contributed by atoms with Crippen LogP contribution in [-0.2, 0) is 11.0 Å². The van der Waals surface area contributed by atoms with E-state index < -0.39 is 22.9 Å². The van der Waals surface area contributed by atoms with Gasteiger partial charge < -0.3 is 9.80 Å². The van der Waals surface area contributed by atoms with E-state index in [4.69, 9.17) is 11.6 Å². The molecule has 2 aromatic rings. The van der Waals surface area contributed by atoms with Crippen molar-refractivity contribution in [3.05, 3.63) is 46.5 Å². The summed E-state index contributed by atoms with van der Waals surface area (Å²) in [6.07, 6.45) is -4.68. The summed E-state index contributed by atoms with van der Waals surface area (Å²) in [6, 6.07) is 5.17. The lowest BCUT2D eigenvalue weighted by atomic mass is 10.2. The molecule has 2 heterocycles. The number of rotatable bonds is 3. The summed E-state index contributed by atoms with van der Waals surface area (Å²) in [5.74, 6) is -0.646. The van der Waals surface area contributed by atoms with Gasteiger partial charge in [-0.3, -0.25) is 9.48 Å². The number of alkyl halides is 3. The first-order valence-electron chi connectivity index (χ1n) is 8.70. The van der Waals surface area contributed by atoms with Crippen LogP contribution in [0.3, 0.4) is 0 Å². The Morgan fingerprint density at radius 1 is 1.14 bits per heavy atom. The average molecular weight is 419 g/mol. The number of nitrogens with zero attached hydrogens (tertiary/aromatic N) is 4. The molecule has 1 atom stereocenters. The zero-order valence-electron chi connectivity index (χ0n) is 15.3. The van der Waals surface area contributed by atoms with Crippen molar-refractivity contribution in [2.45, 2.75) is 26.1 Å². The first kappa shape index (κ1) is 20.4. The van der Waals surface area contributed by atoms with E-state index in [0.29, 0.717) is 26.2 Å². The summed E-state index contributed by atoms with van der Waals surface area (Å²) >= 11 is 5.77. The van der Waals surface area contributed by atoms with Crippen molar-refractivity contribution >= 4 is 23.2 Å². The van der Waals surface area contributed by atoms with Crippen LogP contribution < -0.4 is 4.90 Å². The van der Waals surface area contributed by atoms with Crippen LogP contribution in [0.2, 0.25) is 5.02 Å². The summed E-state index contributed by atoms with van der Waals surface area (Å²) in [4.78, 5) is 16.4. The maximum atomic E-state index is 13.0. The predicted octanol–water partition coefficient (Wildman–Crippen LogP) is 3.91. The average Bonchev–Trinajstić information content (AvgIpc) is 2.97. The number of carbonyl (C=O) groups is 1. The quantitative estimate of drug-likeness (QED) is 0.710. The van der Waals surface area contributed by atoms with Gasteiger partial charge in [0.25, 0.3) is 0 Å². The Morgan fingerprint density at radius 2 is 1.71 bits per heavy atom. The van der Waals surface area contributed by atoms with Gasteiger partial charge in [-0.25, -0.2) is 4.39 Å².